The highest BCUT2D eigenvalue weighted by atomic mass is 32.1. The molecule has 2 aromatic heterocycles. The van der Waals surface area contributed by atoms with E-state index in [1.807, 2.05) is 46.1 Å². The van der Waals surface area contributed by atoms with Crippen LogP contribution in [0.5, 0.6) is 0 Å². The second-order valence-electron chi connectivity index (χ2n) is 8.12. The van der Waals surface area contributed by atoms with E-state index in [0.29, 0.717) is 26.8 Å². The highest BCUT2D eigenvalue weighted by Gasteiger charge is 2.21. The maximum atomic E-state index is 12.9. The van der Waals surface area contributed by atoms with E-state index in [0.717, 1.165) is 16.8 Å². The predicted octanol–water partition coefficient (Wildman–Crippen LogP) is 2.26. The number of anilines is 1. The molecule has 10 heteroatoms. The third-order valence-electron chi connectivity index (χ3n) is 5.07. The monoisotopic (exact) mass is 468 g/mol. The number of nitrogens with one attached hydrogen (secondary N) is 2. The van der Waals surface area contributed by atoms with Crippen LogP contribution in [0.15, 0.2) is 29.1 Å². The van der Waals surface area contributed by atoms with Crippen molar-refractivity contribution in [1.82, 2.24) is 25.0 Å². The van der Waals surface area contributed by atoms with Crippen molar-refractivity contribution in [3.05, 3.63) is 62.0 Å². The van der Waals surface area contributed by atoms with Crippen LogP contribution in [0.3, 0.4) is 0 Å². The molecule has 0 saturated carbocycles. The average molecular weight is 469 g/mol. The first-order valence-electron chi connectivity index (χ1n) is 10.4. The molecule has 0 spiro atoms. The minimum absolute atomic E-state index is 0.109. The van der Waals surface area contributed by atoms with Gasteiger partial charge in [0.25, 0.3) is 11.5 Å². The molecule has 3 rings (SSSR count). The Morgan fingerprint density at radius 2 is 1.88 bits per heavy atom. The largest absolute Gasteiger partial charge is 0.347 e. The number of rotatable bonds is 7. The Labute approximate surface area is 196 Å². The minimum atomic E-state index is -0.265. The van der Waals surface area contributed by atoms with Gasteiger partial charge >= 0.3 is 0 Å². The van der Waals surface area contributed by atoms with Crippen molar-refractivity contribution in [2.45, 2.75) is 27.3 Å². The van der Waals surface area contributed by atoms with Crippen LogP contribution in [0.1, 0.15) is 32.2 Å². The van der Waals surface area contributed by atoms with Crippen LogP contribution >= 0.6 is 11.3 Å². The summed E-state index contributed by atoms with van der Waals surface area (Å²) in [7, 11) is 5.25. The molecule has 0 aliphatic carbocycles. The van der Waals surface area contributed by atoms with Gasteiger partial charge < -0.3 is 15.5 Å². The molecular weight excluding hydrogens is 440 g/mol. The Kier molecular flexibility index (Phi) is 7.39. The molecule has 0 aliphatic heterocycles. The summed E-state index contributed by atoms with van der Waals surface area (Å²) in [5, 5.41) is 10.5. The number of nitrogens with zero attached hydrogens (tertiary/aromatic N) is 4. The van der Waals surface area contributed by atoms with E-state index in [4.69, 9.17) is 0 Å². The van der Waals surface area contributed by atoms with Gasteiger partial charge in [0.05, 0.1) is 23.5 Å². The molecule has 2 heterocycles. The molecule has 2 amide bonds. The number of thiazole rings is 1. The SMILES string of the molecule is Cc1nc(-c2c(C)c(C)nn(C)c2=O)sc1C(=O)NCc1cccc(NC(=O)CN(C)C)c1. The number of likely N-dealkylation sites (N-methyl/N-ethyl adjacent to an activating group) is 1. The summed E-state index contributed by atoms with van der Waals surface area (Å²) >= 11 is 1.19. The quantitative estimate of drug-likeness (QED) is 0.551. The van der Waals surface area contributed by atoms with Gasteiger partial charge in [0.15, 0.2) is 0 Å². The van der Waals surface area contributed by atoms with Crippen LogP contribution in [0, 0.1) is 20.8 Å². The van der Waals surface area contributed by atoms with Gasteiger partial charge in [0, 0.05) is 19.3 Å². The number of benzene rings is 1. The highest BCUT2D eigenvalue weighted by Crippen LogP contribution is 2.28. The molecule has 0 unspecified atom stereocenters. The maximum Gasteiger partial charge on any atom is 0.277 e. The van der Waals surface area contributed by atoms with Gasteiger partial charge in [-0.15, -0.1) is 11.3 Å². The lowest BCUT2D eigenvalue weighted by Gasteiger charge is -2.11. The van der Waals surface area contributed by atoms with Gasteiger partial charge in [0.1, 0.15) is 9.88 Å². The number of carbonyl (C=O) groups is 2. The third-order valence-corrected chi connectivity index (χ3v) is 6.24. The lowest BCUT2D eigenvalue weighted by Crippen LogP contribution is -2.27. The molecule has 174 valence electrons. The fraction of sp³-hybridized carbons (Fsp3) is 0.348. The van der Waals surface area contributed by atoms with Crippen molar-refractivity contribution in [3.8, 4) is 10.6 Å². The molecule has 0 bridgehead atoms. The summed E-state index contributed by atoms with van der Waals surface area (Å²) in [6.07, 6.45) is 0. The zero-order chi connectivity index (χ0) is 24.3. The van der Waals surface area contributed by atoms with Crippen LogP contribution in [0.2, 0.25) is 0 Å². The van der Waals surface area contributed by atoms with Crippen LogP contribution < -0.4 is 16.2 Å². The molecule has 1 aromatic carbocycles. The zero-order valence-corrected chi connectivity index (χ0v) is 20.5. The number of aryl methyl sites for hydroxylation is 3. The van der Waals surface area contributed by atoms with E-state index < -0.39 is 0 Å². The molecule has 0 atom stereocenters. The Morgan fingerprint density at radius 3 is 2.58 bits per heavy atom. The van der Waals surface area contributed by atoms with Gasteiger partial charge in [0.2, 0.25) is 5.91 Å². The smallest absolute Gasteiger partial charge is 0.277 e. The Hall–Kier alpha value is -3.37. The third kappa shape index (κ3) is 5.71. The van der Waals surface area contributed by atoms with Crippen molar-refractivity contribution in [1.29, 1.82) is 0 Å². The van der Waals surface area contributed by atoms with Gasteiger partial charge in [-0.25, -0.2) is 9.67 Å². The lowest BCUT2D eigenvalue weighted by molar-refractivity contribution is -0.116. The Bertz CT molecular complexity index is 1260. The van der Waals surface area contributed by atoms with Crippen molar-refractivity contribution in [2.24, 2.45) is 7.05 Å². The van der Waals surface area contributed by atoms with E-state index in [9.17, 15) is 14.4 Å². The van der Waals surface area contributed by atoms with Crippen LogP contribution in [-0.2, 0) is 18.4 Å². The molecule has 2 N–H and O–H groups in total. The Morgan fingerprint density at radius 1 is 1.15 bits per heavy atom. The molecule has 33 heavy (non-hydrogen) atoms. The van der Waals surface area contributed by atoms with E-state index in [1.165, 1.54) is 16.0 Å². The molecule has 0 fully saturated rings. The fourth-order valence-electron chi connectivity index (χ4n) is 3.32. The lowest BCUT2D eigenvalue weighted by atomic mass is 10.1. The van der Waals surface area contributed by atoms with Crippen LogP contribution in [0.4, 0.5) is 5.69 Å². The van der Waals surface area contributed by atoms with Crippen molar-refractivity contribution in [2.75, 3.05) is 26.0 Å². The molecular formula is C23H28N6O3S. The zero-order valence-electron chi connectivity index (χ0n) is 19.6. The van der Waals surface area contributed by atoms with Gasteiger partial charge in [-0.3, -0.25) is 14.4 Å². The van der Waals surface area contributed by atoms with Crippen molar-refractivity contribution >= 4 is 28.8 Å². The van der Waals surface area contributed by atoms with Crippen LogP contribution in [0.25, 0.3) is 10.6 Å². The molecule has 0 saturated heterocycles. The van der Waals surface area contributed by atoms with Crippen molar-refractivity contribution in [3.63, 3.8) is 0 Å². The van der Waals surface area contributed by atoms with E-state index in [1.54, 1.807) is 24.9 Å². The van der Waals surface area contributed by atoms with Crippen LogP contribution in [-0.4, -0.2) is 52.1 Å². The molecule has 0 aliphatic rings. The number of carbonyl (C=O) groups excluding carboxylic acids is 2. The van der Waals surface area contributed by atoms with E-state index >= 15 is 0 Å². The second kappa shape index (κ2) is 10.1. The Balaban J connectivity index is 1.75. The predicted molar refractivity (Wildman–Crippen MR) is 130 cm³/mol. The summed E-state index contributed by atoms with van der Waals surface area (Å²) in [5.74, 6) is -0.375. The van der Waals surface area contributed by atoms with E-state index in [-0.39, 0.29) is 30.5 Å². The summed E-state index contributed by atoms with van der Waals surface area (Å²) < 4.78 is 1.29. The summed E-state index contributed by atoms with van der Waals surface area (Å²) in [4.78, 5) is 44.2. The first kappa shape index (κ1) is 24.3. The topological polar surface area (TPSA) is 109 Å². The summed E-state index contributed by atoms with van der Waals surface area (Å²) in [6.45, 7) is 6.00. The molecule has 9 nitrogen and oxygen atoms in total. The average Bonchev–Trinajstić information content (AvgIpc) is 3.11. The minimum Gasteiger partial charge on any atom is -0.347 e. The summed E-state index contributed by atoms with van der Waals surface area (Å²) in [5.41, 5.74) is 3.81. The normalized spacial score (nSPS) is 11.0. The standard InChI is InChI=1S/C23H28N6O3S/c1-13-14(2)27-29(6)23(32)19(13)22-25-15(3)20(33-22)21(31)24-11-16-8-7-9-17(10-16)26-18(30)12-28(4)5/h7-10H,11-12H2,1-6H3,(H,24,31)(H,26,30). The van der Waals surface area contributed by atoms with Gasteiger partial charge in [-0.1, -0.05) is 12.1 Å². The molecule has 3 aromatic rings. The first-order valence-corrected chi connectivity index (χ1v) is 11.2. The van der Waals surface area contributed by atoms with Crippen molar-refractivity contribution < 1.29 is 9.59 Å². The second-order valence-corrected chi connectivity index (χ2v) is 9.12. The maximum absolute atomic E-state index is 12.9. The number of hydrogen-bond donors (Lipinski definition) is 2. The van der Waals surface area contributed by atoms with Gasteiger partial charge in [-0.2, -0.15) is 5.10 Å². The summed E-state index contributed by atoms with van der Waals surface area (Å²) in [6, 6.07) is 7.33. The first-order chi connectivity index (χ1) is 15.6. The molecule has 0 radical (unpaired) electrons. The fourth-order valence-corrected chi connectivity index (χ4v) is 4.40. The van der Waals surface area contributed by atoms with Gasteiger partial charge in [-0.05, 0) is 58.1 Å². The van der Waals surface area contributed by atoms with E-state index in [2.05, 4.69) is 20.7 Å². The highest BCUT2D eigenvalue weighted by molar-refractivity contribution is 7.17. The number of hydrogen-bond acceptors (Lipinski definition) is 7. The number of amides is 2. The number of aromatic nitrogens is 3.